The molecule has 0 N–H and O–H groups in total. The maximum Gasteiger partial charge on any atom is 0.111 e. The summed E-state index contributed by atoms with van der Waals surface area (Å²) >= 11 is 0. The second kappa shape index (κ2) is 3.19. The summed E-state index contributed by atoms with van der Waals surface area (Å²) in [6, 6.07) is 0. The Kier molecular flexibility index (Phi) is 2.59. The second-order valence-electron chi connectivity index (χ2n) is 4.74. The summed E-state index contributed by atoms with van der Waals surface area (Å²) < 4.78 is 6.70. The van der Waals surface area contributed by atoms with Gasteiger partial charge in [0.25, 0.3) is 0 Å². The topological polar surface area (TPSA) is 9.23 Å². The molecule has 2 heteroatoms. The fourth-order valence-corrected chi connectivity index (χ4v) is 1.61. The first-order valence-electron chi connectivity index (χ1n) is 4.52. The van der Waals surface area contributed by atoms with Crippen molar-refractivity contribution in [3.8, 4) is 0 Å². The van der Waals surface area contributed by atoms with E-state index in [-0.39, 0.29) is 6.10 Å². The zero-order chi connectivity index (χ0) is 9.35. The van der Waals surface area contributed by atoms with Gasteiger partial charge in [-0.15, -0.1) is 0 Å². The molecule has 0 aliphatic carbocycles. The van der Waals surface area contributed by atoms with Crippen LogP contribution in [0.15, 0.2) is 12.2 Å². The summed E-state index contributed by atoms with van der Waals surface area (Å²) in [5.41, 5.74) is 1.24. The van der Waals surface area contributed by atoms with Gasteiger partial charge in [-0.3, -0.25) is 0 Å². The standard InChI is InChI=1S/C10H20NO/c1-8-6-10(12-9(8)2)7-11(3,4)5/h9-10H,1,6-7H2,2-5H3/q+1/t9-,10-/m0/s1. The third kappa shape index (κ3) is 2.61. The van der Waals surface area contributed by atoms with E-state index < -0.39 is 0 Å². The van der Waals surface area contributed by atoms with Crippen LogP contribution >= 0.6 is 0 Å². The van der Waals surface area contributed by atoms with Gasteiger partial charge in [-0.25, -0.2) is 0 Å². The largest absolute Gasteiger partial charge is 0.365 e. The molecule has 0 saturated carbocycles. The molecule has 1 rings (SSSR count). The third-order valence-electron chi connectivity index (χ3n) is 2.21. The Morgan fingerprint density at radius 3 is 2.42 bits per heavy atom. The van der Waals surface area contributed by atoms with Crippen molar-refractivity contribution in [1.29, 1.82) is 0 Å². The van der Waals surface area contributed by atoms with Crippen molar-refractivity contribution < 1.29 is 9.22 Å². The summed E-state index contributed by atoms with van der Waals surface area (Å²) in [5.74, 6) is 0. The van der Waals surface area contributed by atoms with Crippen molar-refractivity contribution in [2.45, 2.75) is 25.6 Å². The zero-order valence-corrected chi connectivity index (χ0v) is 8.63. The number of rotatable bonds is 2. The van der Waals surface area contributed by atoms with E-state index in [4.69, 9.17) is 4.74 Å². The summed E-state index contributed by atoms with van der Waals surface area (Å²) in [6.07, 6.45) is 1.69. The number of nitrogens with zero attached hydrogens (tertiary/aromatic N) is 1. The molecule has 0 aromatic carbocycles. The van der Waals surface area contributed by atoms with Crippen molar-refractivity contribution in [2.24, 2.45) is 0 Å². The molecule has 0 amide bonds. The van der Waals surface area contributed by atoms with Gasteiger partial charge in [0.15, 0.2) is 0 Å². The lowest BCUT2D eigenvalue weighted by molar-refractivity contribution is -0.873. The molecule has 1 saturated heterocycles. The Bertz CT molecular complexity index is 181. The average Bonchev–Trinajstić information content (AvgIpc) is 2.07. The lowest BCUT2D eigenvalue weighted by Gasteiger charge is -2.26. The normalized spacial score (nSPS) is 31.2. The van der Waals surface area contributed by atoms with E-state index in [2.05, 4.69) is 34.6 Å². The van der Waals surface area contributed by atoms with E-state index in [1.807, 2.05) is 0 Å². The monoisotopic (exact) mass is 170 g/mol. The molecule has 1 aliphatic rings. The first kappa shape index (κ1) is 9.75. The van der Waals surface area contributed by atoms with Crippen molar-refractivity contribution in [3.05, 3.63) is 12.2 Å². The second-order valence-corrected chi connectivity index (χ2v) is 4.74. The highest BCUT2D eigenvalue weighted by Crippen LogP contribution is 2.24. The van der Waals surface area contributed by atoms with Gasteiger partial charge < -0.3 is 9.22 Å². The van der Waals surface area contributed by atoms with Gasteiger partial charge in [-0.2, -0.15) is 0 Å². The fraction of sp³-hybridized carbons (Fsp3) is 0.800. The Hall–Kier alpha value is -0.340. The summed E-state index contributed by atoms with van der Waals surface area (Å²) in [6.45, 7) is 7.14. The van der Waals surface area contributed by atoms with Crippen molar-refractivity contribution >= 4 is 0 Å². The maximum atomic E-state index is 5.73. The quantitative estimate of drug-likeness (QED) is 0.450. The lowest BCUT2D eigenvalue weighted by Crippen LogP contribution is -2.41. The molecular formula is C10H20NO+. The summed E-state index contributed by atoms with van der Waals surface area (Å²) in [5, 5.41) is 0. The van der Waals surface area contributed by atoms with Gasteiger partial charge >= 0.3 is 0 Å². The van der Waals surface area contributed by atoms with Crippen LogP contribution < -0.4 is 0 Å². The molecule has 0 aromatic heterocycles. The highest BCUT2D eigenvalue weighted by molar-refractivity contribution is 5.07. The molecule has 2 nitrogen and oxygen atoms in total. The molecule has 2 atom stereocenters. The van der Waals surface area contributed by atoms with Crippen LogP contribution in [0.5, 0.6) is 0 Å². The van der Waals surface area contributed by atoms with Crippen LogP contribution in [0.2, 0.25) is 0 Å². The number of hydrogen-bond donors (Lipinski definition) is 0. The zero-order valence-electron chi connectivity index (χ0n) is 8.63. The SMILES string of the molecule is C=C1C[C@@H](C[N+](C)(C)C)O[C@H]1C. The molecule has 12 heavy (non-hydrogen) atoms. The Morgan fingerprint density at radius 2 is 2.08 bits per heavy atom. The van der Waals surface area contributed by atoms with Crippen molar-refractivity contribution in [1.82, 2.24) is 0 Å². The Labute approximate surface area is 75.4 Å². The predicted molar refractivity (Wildman–Crippen MR) is 51.0 cm³/mol. The predicted octanol–water partition coefficient (Wildman–Crippen LogP) is 1.43. The van der Waals surface area contributed by atoms with Gasteiger partial charge in [0.1, 0.15) is 12.6 Å². The van der Waals surface area contributed by atoms with Crippen LogP contribution in [-0.2, 0) is 4.74 Å². The van der Waals surface area contributed by atoms with Crippen molar-refractivity contribution in [3.63, 3.8) is 0 Å². The van der Waals surface area contributed by atoms with E-state index in [1.165, 1.54) is 5.57 Å². The fourth-order valence-electron chi connectivity index (χ4n) is 1.61. The highest BCUT2D eigenvalue weighted by atomic mass is 16.5. The smallest absolute Gasteiger partial charge is 0.111 e. The summed E-state index contributed by atoms with van der Waals surface area (Å²) in [7, 11) is 6.57. The minimum absolute atomic E-state index is 0.265. The molecule has 0 aromatic rings. The van der Waals surface area contributed by atoms with Gasteiger partial charge in [0, 0.05) is 6.42 Å². The highest BCUT2D eigenvalue weighted by Gasteiger charge is 2.29. The molecule has 1 fully saturated rings. The Balaban J connectivity index is 2.43. The van der Waals surface area contributed by atoms with Gasteiger partial charge in [0.2, 0.25) is 0 Å². The van der Waals surface area contributed by atoms with Crippen molar-refractivity contribution in [2.75, 3.05) is 27.7 Å². The first-order chi connectivity index (χ1) is 5.38. The van der Waals surface area contributed by atoms with Crippen LogP contribution in [0.25, 0.3) is 0 Å². The van der Waals surface area contributed by atoms with Crippen LogP contribution in [-0.4, -0.2) is 44.4 Å². The minimum Gasteiger partial charge on any atom is -0.365 e. The van der Waals surface area contributed by atoms with Gasteiger partial charge in [-0.05, 0) is 12.5 Å². The number of quaternary nitrogens is 1. The van der Waals surface area contributed by atoms with Gasteiger partial charge in [-0.1, -0.05) is 6.58 Å². The molecule has 0 radical (unpaired) electrons. The first-order valence-corrected chi connectivity index (χ1v) is 4.52. The average molecular weight is 170 g/mol. The molecule has 1 aliphatic heterocycles. The number of ether oxygens (including phenoxy) is 1. The van der Waals surface area contributed by atoms with E-state index >= 15 is 0 Å². The third-order valence-corrected chi connectivity index (χ3v) is 2.21. The van der Waals surface area contributed by atoms with Crippen LogP contribution in [0.3, 0.4) is 0 Å². The van der Waals surface area contributed by atoms with E-state index in [1.54, 1.807) is 0 Å². The molecule has 70 valence electrons. The van der Waals surface area contributed by atoms with Crippen LogP contribution in [0.1, 0.15) is 13.3 Å². The maximum absolute atomic E-state index is 5.73. The molecule has 0 bridgehead atoms. The Morgan fingerprint density at radius 1 is 1.50 bits per heavy atom. The van der Waals surface area contributed by atoms with Crippen LogP contribution in [0.4, 0.5) is 0 Å². The number of likely N-dealkylation sites (N-methyl/N-ethyl adjacent to an activating group) is 1. The van der Waals surface area contributed by atoms with E-state index in [0.29, 0.717) is 6.10 Å². The lowest BCUT2D eigenvalue weighted by atomic mass is 10.1. The molecule has 0 unspecified atom stereocenters. The summed E-state index contributed by atoms with van der Waals surface area (Å²) in [4.78, 5) is 0. The molecule has 1 heterocycles. The molecule has 0 spiro atoms. The number of hydrogen-bond acceptors (Lipinski definition) is 1. The van der Waals surface area contributed by atoms with E-state index in [0.717, 1.165) is 17.4 Å². The van der Waals surface area contributed by atoms with Crippen LogP contribution in [0, 0.1) is 0 Å². The minimum atomic E-state index is 0.265. The van der Waals surface area contributed by atoms with Gasteiger partial charge in [0.05, 0.1) is 27.2 Å². The van der Waals surface area contributed by atoms with E-state index in [9.17, 15) is 0 Å². The molecular weight excluding hydrogens is 150 g/mol.